The van der Waals surface area contributed by atoms with Crippen molar-refractivity contribution in [2.45, 2.75) is 32.9 Å². The van der Waals surface area contributed by atoms with E-state index in [9.17, 15) is 13.6 Å². The fourth-order valence-electron chi connectivity index (χ4n) is 3.02. The SMILES string of the molecule is CC(C)[C@@H](NC(=O)c1ccc(OC(F)F)cc1)c1ccc2c(c1)OCCCO2. The summed E-state index contributed by atoms with van der Waals surface area (Å²) in [4.78, 5) is 12.7. The van der Waals surface area contributed by atoms with E-state index in [1.54, 1.807) is 0 Å². The fourth-order valence-corrected chi connectivity index (χ4v) is 3.02. The van der Waals surface area contributed by atoms with Crippen molar-refractivity contribution >= 4 is 5.91 Å². The van der Waals surface area contributed by atoms with Crippen molar-refractivity contribution < 1.29 is 27.8 Å². The number of benzene rings is 2. The van der Waals surface area contributed by atoms with E-state index in [-0.39, 0.29) is 23.6 Å². The molecular weight excluding hydrogens is 368 g/mol. The molecule has 28 heavy (non-hydrogen) atoms. The van der Waals surface area contributed by atoms with Gasteiger partial charge in [-0.1, -0.05) is 19.9 Å². The Hall–Kier alpha value is -2.83. The van der Waals surface area contributed by atoms with Crippen molar-refractivity contribution in [1.82, 2.24) is 5.32 Å². The second kappa shape index (κ2) is 8.91. The first-order valence-corrected chi connectivity index (χ1v) is 9.19. The third kappa shape index (κ3) is 4.91. The normalized spacial score (nSPS) is 14.5. The van der Waals surface area contributed by atoms with Crippen LogP contribution in [0.1, 0.15) is 42.2 Å². The van der Waals surface area contributed by atoms with Crippen LogP contribution < -0.4 is 19.5 Å². The molecule has 0 aromatic heterocycles. The van der Waals surface area contributed by atoms with Gasteiger partial charge in [0.1, 0.15) is 5.75 Å². The molecule has 1 N–H and O–H groups in total. The lowest BCUT2D eigenvalue weighted by Crippen LogP contribution is -2.31. The van der Waals surface area contributed by atoms with Crippen molar-refractivity contribution in [2.75, 3.05) is 13.2 Å². The zero-order chi connectivity index (χ0) is 20.1. The van der Waals surface area contributed by atoms with E-state index >= 15 is 0 Å². The Morgan fingerprint density at radius 1 is 1.04 bits per heavy atom. The van der Waals surface area contributed by atoms with Crippen LogP contribution in [0.25, 0.3) is 0 Å². The van der Waals surface area contributed by atoms with Gasteiger partial charge < -0.3 is 19.5 Å². The van der Waals surface area contributed by atoms with Gasteiger partial charge in [-0.3, -0.25) is 4.79 Å². The largest absolute Gasteiger partial charge is 0.490 e. The highest BCUT2D eigenvalue weighted by Gasteiger charge is 2.22. The molecule has 5 nitrogen and oxygen atoms in total. The second-order valence-electron chi connectivity index (χ2n) is 6.85. The number of amides is 1. The average Bonchev–Trinajstić information content (AvgIpc) is 2.90. The van der Waals surface area contributed by atoms with Crippen LogP contribution in [0.15, 0.2) is 42.5 Å². The van der Waals surface area contributed by atoms with Gasteiger partial charge in [-0.05, 0) is 47.9 Å². The Morgan fingerprint density at radius 3 is 2.36 bits per heavy atom. The molecule has 7 heteroatoms. The molecule has 0 saturated heterocycles. The van der Waals surface area contributed by atoms with Crippen LogP contribution in [-0.4, -0.2) is 25.7 Å². The van der Waals surface area contributed by atoms with Crippen molar-refractivity contribution in [1.29, 1.82) is 0 Å². The Labute approximate surface area is 162 Å². The van der Waals surface area contributed by atoms with Crippen LogP contribution in [0.3, 0.4) is 0 Å². The van der Waals surface area contributed by atoms with Crippen LogP contribution >= 0.6 is 0 Å². The van der Waals surface area contributed by atoms with Crippen molar-refractivity contribution in [2.24, 2.45) is 5.92 Å². The number of hydrogen-bond acceptors (Lipinski definition) is 4. The molecule has 1 heterocycles. The molecular formula is C21H23F2NO4. The van der Waals surface area contributed by atoms with Crippen LogP contribution in [0.2, 0.25) is 0 Å². The smallest absolute Gasteiger partial charge is 0.387 e. The minimum Gasteiger partial charge on any atom is -0.490 e. The molecule has 0 radical (unpaired) electrons. The number of hydrogen-bond donors (Lipinski definition) is 1. The summed E-state index contributed by atoms with van der Waals surface area (Å²) in [7, 11) is 0. The number of ether oxygens (including phenoxy) is 3. The molecule has 150 valence electrons. The number of carbonyl (C=O) groups excluding carboxylic acids is 1. The van der Waals surface area contributed by atoms with E-state index in [0.29, 0.717) is 30.3 Å². The zero-order valence-electron chi connectivity index (χ0n) is 15.8. The number of carbonyl (C=O) groups is 1. The number of halogens is 2. The molecule has 1 aliphatic rings. The van der Waals surface area contributed by atoms with Crippen LogP contribution in [0, 0.1) is 5.92 Å². The third-order valence-corrected chi connectivity index (χ3v) is 4.43. The van der Waals surface area contributed by atoms with Crippen molar-refractivity contribution in [3.63, 3.8) is 0 Å². The van der Waals surface area contributed by atoms with E-state index in [1.807, 2.05) is 32.0 Å². The summed E-state index contributed by atoms with van der Waals surface area (Å²) in [5.74, 6) is 1.20. The van der Waals surface area contributed by atoms with Gasteiger partial charge in [0.25, 0.3) is 5.91 Å². The summed E-state index contributed by atoms with van der Waals surface area (Å²) in [6.45, 7) is 2.31. The minimum absolute atomic E-state index is 0.00913. The van der Waals surface area contributed by atoms with Gasteiger partial charge in [-0.25, -0.2) is 0 Å². The van der Waals surface area contributed by atoms with Gasteiger partial charge in [-0.15, -0.1) is 0 Å². The summed E-state index contributed by atoms with van der Waals surface area (Å²) < 4.78 is 40.2. The first-order valence-electron chi connectivity index (χ1n) is 9.19. The topological polar surface area (TPSA) is 56.8 Å². The summed E-state index contributed by atoms with van der Waals surface area (Å²) in [5, 5.41) is 3.01. The van der Waals surface area contributed by atoms with Gasteiger partial charge in [0.15, 0.2) is 11.5 Å². The summed E-state index contributed by atoms with van der Waals surface area (Å²) in [5.41, 5.74) is 1.27. The number of rotatable bonds is 6. The third-order valence-electron chi connectivity index (χ3n) is 4.43. The molecule has 0 aliphatic carbocycles. The maximum Gasteiger partial charge on any atom is 0.387 e. The highest BCUT2D eigenvalue weighted by Crippen LogP contribution is 2.34. The Kier molecular flexibility index (Phi) is 6.34. The van der Waals surface area contributed by atoms with E-state index in [1.165, 1.54) is 24.3 Å². The molecule has 0 bridgehead atoms. The summed E-state index contributed by atoms with van der Waals surface area (Å²) >= 11 is 0. The zero-order valence-corrected chi connectivity index (χ0v) is 15.8. The van der Waals surface area contributed by atoms with E-state index in [2.05, 4.69) is 10.1 Å². The molecule has 1 amide bonds. The van der Waals surface area contributed by atoms with Gasteiger partial charge >= 0.3 is 6.61 Å². The molecule has 2 aromatic carbocycles. The van der Waals surface area contributed by atoms with Gasteiger partial charge in [0, 0.05) is 12.0 Å². The molecule has 2 aromatic rings. The average molecular weight is 391 g/mol. The molecule has 1 atom stereocenters. The van der Waals surface area contributed by atoms with E-state index in [4.69, 9.17) is 9.47 Å². The van der Waals surface area contributed by atoms with Crippen LogP contribution in [0.5, 0.6) is 17.2 Å². The first-order chi connectivity index (χ1) is 13.4. The lowest BCUT2D eigenvalue weighted by Gasteiger charge is -2.24. The Bertz CT molecular complexity index is 809. The first kappa shape index (κ1) is 19.9. The molecule has 3 rings (SSSR count). The minimum atomic E-state index is -2.90. The Balaban J connectivity index is 1.76. The highest BCUT2D eigenvalue weighted by molar-refractivity contribution is 5.94. The number of alkyl halides is 2. The van der Waals surface area contributed by atoms with E-state index < -0.39 is 6.61 Å². The number of nitrogens with one attached hydrogen (secondary N) is 1. The Morgan fingerprint density at radius 2 is 1.71 bits per heavy atom. The molecule has 0 unspecified atom stereocenters. The lowest BCUT2D eigenvalue weighted by molar-refractivity contribution is -0.0498. The van der Waals surface area contributed by atoms with Crippen LogP contribution in [0.4, 0.5) is 8.78 Å². The molecule has 1 aliphatic heterocycles. The monoisotopic (exact) mass is 391 g/mol. The van der Waals surface area contributed by atoms with Gasteiger partial charge in [0.05, 0.1) is 19.3 Å². The van der Waals surface area contributed by atoms with Crippen molar-refractivity contribution in [3.05, 3.63) is 53.6 Å². The molecule has 0 spiro atoms. The molecule has 0 fully saturated rings. The predicted octanol–water partition coefficient (Wildman–Crippen LogP) is 4.58. The molecule has 0 saturated carbocycles. The van der Waals surface area contributed by atoms with Crippen molar-refractivity contribution in [3.8, 4) is 17.2 Å². The second-order valence-corrected chi connectivity index (χ2v) is 6.85. The summed E-state index contributed by atoms with van der Waals surface area (Å²) in [6.07, 6.45) is 0.819. The summed E-state index contributed by atoms with van der Waals surface area (Å²) in [6, 6.07) is 11.0. The highest BCUT2D eigenvalue weighted by atomic mass is 19.3. The number of fused-ring (bicyclic) bond motifs is 1. The fraction of sp³-hybridized carbons (Fsp3) is 0.381. The van der Waals surface area contributed by atoms with Gasteiger partial charge in [0.2, 0.25) is 0 Å². The standard InChI is InChI=1S/C21H23F2NO4/c1-13(2)19(15-6-9-17-18(12-15)27-11-3-10-26-17)24-20(25)14-4-7-16(8-5-14)28-21(22)23/h4-9,12-13,19,21H,3,10-11H2,1-2H3,(H,24,25)/t19-/m1/s1. The quantitative estimate of drug-likeness (QED) is 0.783. The van der Waals surface area contributed by atoms with E-state index in [0.717, 1.165) is 12.0 Å². The predicted molar refractivity (Wildman–Crippen MR) is 100 cm³/mol. The van der Waals surface area contributed by atoms with Gasteiger partial charge in [-0.2, -0.15) is 8.78 Å². The lowest BCUT2D eigenvalue weighted by atomic mass is 9.95. The maximum atomic E-state index is 12.7. The maximum absolute atomic E-state index is 12.7. The van der Waals surface area contributed by atoms with Crippen LogP contribution in [-0.2, 0) is 0 Å².